The predicted octanol–water partition coefficient (Wildman–Crippen LogP) is 3.68. The van der Waals surface area contributed by atoms with E-state index in [4.69, 9.17) is 11.6 Å². The normalized spacial score (nSPS) is 26.7. The molecule has 2 unspecified atom stereocenters. The first-order chi connectivity index (χ1) is 13.0. The summed E-state index contributed by atoms with van der Waals surface area (Å²) in [5, 5.41) is 6.77. The van der Waals surface area contributed by atoms with Crippen LogP contribution in [0.1, 0.15) is 55.8 Å². The van der Waals surface area contributed by atoms with E-state index in [1.807, 2.05) is 4.90 Å². The lowest BCUT2D eigenvalue weighted by atomic mass is 9.92. The van der Waals surface area contributed by atoms with Crippen LogP contribution in [-0.2, 0) is 4.79 Å². The van der Waals surface area contributed by atoms with Gasteiger partial charge in [-0.25, -0.2) is 0 Å². The number of anilines is 1. The van der Waals surface area contributed by atoms with Gasteiger partial charge in [0.05, 0.1) is 10.6 Å². The third kappa shape index (κ3) is 3.72. The van der Waals surface area contributed by atoms with Crippen LogP contribution in [0.3, 0.4) is 0 Å². The molecule has 2 atom stereocenters. The molecule has 2 saturated heterocycles. The number of carbonyl (C=O) groups excluding carboxylic acids is 2. The fourth-order valence-corrected chi connectivity index (χ4v) is 5.01. The molecule has 1 aliphatic carbocycles. The Bertz CT molecular complexity index is 745. The van der Waals surface area contributed by atoms with Gasteiger partial charge in [0, 0.05) is 24.2 Å². The van der Waals surface area contributed by atoms with Gasteiger partial charge in [-0.05, 0) is 82.2 Å². The highest BCUT2D eigenvalue weighted by molar-refractivity contribution is 6.34. The third-order valence-corrected chi connectivity index (χ3v) is 6.95. The van der Waals surface area contributed by atoms with Crippen LogP contribution in [0, 0.1) is 11.3 Å². The van der Waals surface area contributed by atoms with E-state index in [-0.39, 0.29) is 29.2 Å². The van der Waals surface area contributed by atoms with Gasteiger partial charge in [-0.1, -0.05) is 11.6 Å². The second kappa shape index (κ2) is 7.44. The average molecular weight is 390 g/mol. The number of rotatable bonds is 3. The average Bonchev–Trinajstić information content (AvgIpc) is 3.35. The Hall–Kier alpha value is -1.59. The third-order valence-electron chi connectivity index (χ3n) is 6.64. The van der Waals surface area contributed by atoms with Gasteiger partial charge in [-0.2, -0.15) is 0 Å². The summed E-state index contributed by atoms with van der Waals surface area (Å²) in [6.45, 7) is 4.88. The fourth-order valence-electron chi connectivity index (χ4n) is 4.75. The molecule has 1 spiro atoms. The summed E-state index contributed by atoms with van der Waals surface area (Å²) in [6, 6.07) is 5.49. The van der Waals surface area contributed by atoms with Gasteiger partial charge in [0.15, 0.2) is 0 Å². The fraction of sp³-hybridized carbons (Fsp3) is 0.619. The summed E-state index contributed by atoms with van der Waals surface area (Å²) < 4.78 is 0. The van der Waals surface area contributed by atoms with Crippen molar-refractivity contribution < 1.29 is 9.59 Å². The van der Waals surface area contributed by atoms with Gasteiger partial charge < -0.3 is 15.5 Å². The summed E-state index contributed by atoms with van der Waals surface area (Å²) in [5.74, 6) is 0.173. The molecule has 0 radical (unpaired) electrons. The number of halogens is 1. The molecule has 146 valence electrons. The Labute approximate surface area is 165 Å². The van der Waals surface area contributed by atoms with E-state index in [1.54, 1.807) is 18.2 Å². The van der Waals surface area contributed by atoms with Crippen molar-refractivity contribution in [2.24, 2.45) is 11.3 Å². The summed E-state index contributed by atoms with van der Waals surface area (Å²) in [6.07, 6.45) is 6.39. The molecule has 3 fully saturated rings. The van der Waals surface area contributed by atoms with E-state index >= 15 is 0 Å². The molecular weight excluding hydrogens is 362 g/mol. The van der Waals surface area contributed by atoms with Crippen molar-refractivity contribution in [2.45, 2.75) is 51.5 Å². The van der Waals surface area contributed by atoms with Crippen LogP contribution in [-0.4, -0.2) is 42.4 Å². The zero-order valence-corrected chi connectivity index (χ0v) is 16.6. The number of hydrogen-bond donors (Lipinski definition) is 2. The van der Waals surface area contributed by atoms with E-state index in [9.17, 15) is 9.59 Å². The highest BCUT2D eigenvalue weighted by Crippen LogP contribution is 2.58. The van der Waals surface area contributed by atoms with Crippen LogP contribution in [0.25, 0.3) is 0 Å². The van der Waals surface area contributed by atoms with E-state index in [2.05, 4.69) is 17.6 Å². The number of amides is 2. The molecule has 0 bridgehead atoms. The molecule has 2 heterocycles. The zero-order chi connectivity index (χ0) is 19.0. The number of piperidine rings is 2. The van der Waals surface area contributed by atoms with Crippen LogP contribution < -0.4 is 10.6 Å². The number of likely N-dealkylation sites (tertiary alicyclic amines) is 1. The van der Waals surface area contributed by atoms with Gasteiger partial charge in [-0.15, -0.1) is 0 Å². The minimum Gasteiger partial charge on any atom is -0.336 e. The Morgan fingerprint density at radius 1 is 1.26 bits per heavy atom. The monoisotopic (exact) mass is 389 g/mol. The summed E-state index contributed by atoms with van der Waals surface area (Å²) >= 11 is 6.40. The highest BCUT2D eigenvalue weighted by atomic mass is 35.5. The largest absolute Gasteiger partial charge is 0.336 e. The van der Waals surface area contributed by atoms with Crippen molar-refractivity contribution in [3.8, 4) is 0 Å². The van der Waals surface area contributed by atoms with Gasteiger partial charge in [0.25, 0.3) is 5.91 Å². The highest BCUT2D eigenvalue weighted by Gasteiger charge is 2.57. The van der Waals surface area contributed by atoms with Crippen molar-refractivity contribution in [2.75, 3.05) is 25.0 Å². The van der Waals surface area contributed by atoms with E-state index in [0.717, 1.165) is 51.7 Å². The molecule has 1 aromatic carbocycles. The van der Waals surface area contributed by atoms with Crippen molar-refractivity contribution in [1.82, 2.24) is 10.2 Å². The van der Waals surface area contributed by atoms with Crippen molar-refractivity contribution >= 4 is 29.1 Å². The van der Waals surface area contributed by atoms with Crippen molar-refractivity contribution in [3.05, 3.63) is 28.8 Å². The molecule has 2 amide bonds. The minimum atomic E-state index is -0.0130. The molecule has 1 aromatic rings. The number of benzene rings is 1. The molecule has 4 rings (SSSR count). The maximum atomic E-state index is 12.8. The summed E-state index contributed by atoms with van der Waals surface area (Å²) in [7, 11) is 0. The lowest BCUT2D eigenvalue weighted by Crippen LogP contribution is -2.42. The maximum Gasteiger partial charge on any atom is 0.255 e. The number of carbonyl (C=O) groups is 2. The molecule has 5 nitrogen and oxygen atoms in total. The van der Waals surface area contributed by atoms with Gasteiger partial charge >= 0.3 is 0 Å². The van der Waals surface area contributed by atoms with Crippen LogP contribution in [0.2, 0.25) is 5.02 Å². The van der Waals surface area contributed by atoms with E-state index < -0.39 is 0 Å². The molecule has 3 aliphatic rings. The van der Waals surface area contributed by atoms with Gasteiger partial charge in [0.1, 0.15) is 0 Å². The summed E-state index contributed by atoms with van der Waals surface area (Å²) in [4.78, 5) is 27.4. The summed E-state index contributed by atoms with van der Waals surface area (Å²) in [5.41, 5.74) is 1.40. The lowest BCUT2D eigenvalue weighted by Gasteiger charge is -2.33. The molecule has 0 aromatic heterocycles. The van der Waals surface area contributed by atoms with Crippen LogP contribution in [0.5, 0.6) is 0 Å². The van der Waals surface area contributed by atoms with Crippen LogP contribution in [0.4, 0.5) is 5.69 Å². The number of nitrogens with zero attached hydrogens (tertiary/aromatic N) is 1. The molecule has 2 aliphatic heterocycles. The van der Waals surface area contributed by atoms with Crippen LogP contribution in [0.15, 0.2) is 18.2 Å². The quantitative estimate of drug-likeness (QED) is 0.828. The second-order valence-corrected chi connectivity index (χ2v) is 8.80. The predicted molar refractivity (Wildman–Crippen MR) is 107 cm³/mol. The Balaban J connectivity index is 1.41. The van der Waals surface area contributed by atoms with Crippen molar-refractivity contribution in [1.29, 1.82) is 0 Å². The Morgan fingerprint density at radius 3 is 2.74 bits per heavy atom. The lowest BCUT2D eigenvalue weighted by molar-refractivity contribution is -0.118. The van der Waals surface area contributed by atoms with E-state index in [0.29, 0.717) is 16.3 Å². The second-order valence-electron chi connectivity index (χ2n) is 8.40. The molecular formula is C21H28ClN3O2. The minimum absolute atomic E-state index is 0.0130. The number of hydrogen-bond acceptors (Lipinski definition) is 3. The van der Waals surface area contributed by atoms with Crippen molar-refractivity contribution in [3.63, 3.8) is 0 Å². The SMILES string of the molecule is CC1CCCCN1C(=O)c1ccc(NC(=O)C2CC23CCNCC3)cc1Cl. The Morgan fingerprint density at radius 2 is 2.04 bits per heavy atom. The van der Waals surface area contributed by atoms with Gasteiger partial charge in [0.2, 0.25) is 5.91 Å². The smallest absolute Gasteiger partial charge is 0.255 e. The standard InChI is InChI=1S/C21H28ClN3O2/c1-14-4-2-3-11-25(14)20(27)16-6-5-15(12-18(16)22)24-19(26)17-13-21(17)7-9-23-10-8-21/h5-6,12,14,17,23H,2-4,7-11,13H2,1H3,(H,24,26). The van der Waals surface area contributed by atoms with Gasteiger partial charge in [-0.3, -0.25) is 9.59 Å². The first kappa shape index (κ1) is 18.8. The van der Waals surface area contributed by atoms with Crippen LogP contribution >= 0.6 is 11.6 Å². The first-order valence-electron chi connectivity index (χ1n) is 10.1. The molecule has 27 heavy (non-hydrogen) atoms. The number of nitrogens with one attached hydrogen (secondary N) is 2. The first-order valence-corrected chi connectivity index (χ1v) is 10.5. The topological polar surface area (TPSA) is 61.4 Å². The maximum absolute atomic E-state index is 12.8. The zero-order valence-electron chi connectivity index (χ0n) is 15.9. The van der Waals surface area contributed by atoms with E-state index in [1.165, 1.54) is 6.42 Å². The molecule has 2 N–H and O–H groups in total. The Kier molecular flexibility index (Phi) is 5.17. The molecule has 1 saturated carbocycles. The molecule has 6 heteroatoms.